The number of aryl methyl sites for hydroxylation is 1. The number of nitrogens with zero attached hydrogens (tertiary/aromatic N) is 2. The van der Waals surface area contributed by atoms with Crippen LogP contribution in [0.3, 0.4) is 0 Å². The van der Waals surface area contributed by atoms with Crippen molar-refractivity contribution in [2.24, 2.45) is 0 Å². The molecule has 0 spiro atoms. The summed E-state index contributed by atoms with van der Waals surface area (Å²) in [6.07, 6.45) is 0. The summed E-state index contributed by atoms with van der Waals surface area (Å²) in [5.41, 5.74) is 5.10. The second kappa shape index (κ2) is 14.6. The highest BCUT2D eigenvalue weighted by Crippen LogP contribution is 2.26. The number of anilines is 1. The van der Waals surface area contributed by atoms with Crippen molar-refractivity contribution in [3.8, 4) is 17.0 Å². The molecule has 0 amide bonds. The van der Waals surface area contributed by atoms with Crippen LogP contribution in [-0.2, 0) is 28.5 Å². The molecule has 0 saturated carbocycles. The fourth-order valence-electron chi connectivity index (χ4n) is 4.53. The Bertz CT molecular complexity index is 1540. The number of morpholine rings is 1. The summed E-state index contributed by atoms with van der Waals surface area (Å²) < 4.78 is 51.5. The van der Waals surface area contributed by atoms with Gasteiger partial charge in [-0.3, -0.25) is 4.18 Å². The van der Waals surface area contributed by atoms with Crippen molar-refractivity contribution in [2.45, 2.75) is 11.8 Å². The molecule has 222 valence electrons. The van der Waals surface area contributed by atoms with Gasteiger partial charge in [0.1, 0.15) is 12.4 Å². The lowest BCUT2D eigenvalue weighted by Gasteiger charge is -2.28. The van der Waals surface area contributed by atoms with Crippen molar-refractivity contribution in [3.63, 3.8) is 0 Å². The van der Waals surface area contributed by atoms with Gasteiger partial charge >= 0.3 is 0 Å². The maximum absolute atomic E-state index is 12.1. The molecular weight excluding hydrogens is 556 g/mol. The minimum Gasteiger partial charge on any atom is -0.491 e. The van der Waals surface area contributed by atoms with E-state index in [1.54, 1.807) is 12.1 Å². The number of aromatic nitrogens is 1. The second-order valence-corrected chi connectivity index (χ2v) is 11.5. The summed E-state index contributed by atoms with van der Waals surface area (Å²) in [6, 6.07) is 25.0. The smallest absolute Gasteiger partial charge is 0.297 e. The molecule has 1 fully saturated rings. The molecule has 10 heteroatoms. The number of hydrogen-bond donors (Lipinski definition) is 0. The maximum Gasteiger partial charge on any atom is 0.297 e. The number of rotatable bonds is 14. The van der Waals surface area contributed by atoms with Crippen molar-refractivity contribution in [2.75, 3.05) is 70.8 Å². The van der Waals surface area contributed by atoms with Crippen LogP contribution < -0.4 is 9.64 Å². The number of hydrogen-bond acceptors (Lipinski definition) is 9. The summed E-state index contributed by atoms with van der Waals surface area (Å²) in [6.45, 7) is 6.84. The third-order valence-electron chi connectivity index (χ3n) is 6.84. The first-order chi connectivity index (χ1) is 20.5. The van der Waals surface area contributed by atoms with Crippen LogP contribution in [0.4, 0.5) is 5.69 Å². The van der Waals surface area contributed by atoms with E-state index in [-0.39, 0.29) is 18.1 Å². The van der Waals surface area contributed by atoms with Gasteiger partial charge in [-0.05, 0) is 55.5 Å². The Morgan fingerprint density at radius 3 is 2.21 bits per heavy atom. The standard InChI is InChI=1S/C32H36N2O7S/c1-25-2-10-30(11-3-25)42(35,36)41-23-21-39-19-18-38-20-22-40-29-9-13-32-27(24-29)6-12-31(33-32)26-4-7-28(8-5-26)34-14-16-37-17-15-34/h2-13,24H,14-23H2,1H3. The van der Waals surface area contributed by atoms with Crippen molar-refractivity contribution in [1.29, 1.82) is 0 Å². The number of ether oxygens (including phenoxy) is 4. The Labute approximate surface area is 247 Å². The topological polar surface area (TPSA) is 96.4 Å². The Morgan fingerprint density at radius 1 is 0.786 bits per heavy atom. The quantitative estimate of drug-likeness (QED) is 0.150. The molecule has 0 bridgehead atoms. The van der Waals surface area contributed by atoms with Crippen molar-refractivity contribution >= 4 is 26.7 Å². The van der Waals surface area contributed by atoms with Crippen molar-refractivity contribution in [3.05, 3.63) is 84.4 Å². The van der Waals surface area contributed by atoms with Crippen LogP contribution in [0.5, 0.6) is 5.75 Å². The van der Waals surface area contributed by atoms with Gasteiger partial charge in [0, 0.05) is 29.7 Å². The second-order valence-electron chi connectivity index (χ2n) is 9.86. The molecule has 0 N–H and O–H groups in total. The molecule has 3 aromatic carbocycles. The fourth-order valence-corrected chi connectivity index (χ4v) is 5.43. The molecule has 1 aliphatic heterocycles. The number of fused-ring (bicyclic) bond motifs is 1. The molecule has 1 aromatic heterocycles. The van der Waals surface area contributed by atoms with Crippen LogP contribution in [0.1, 0.15) is 5.56 Å². The average Bonchev–Trinajstić information content (AvgIpc) is 3.02. The van der Waals surface area contributed by atoms with Crippen molar-refractivity contribution < 1.29 is 31.5 Å². The highest BCUT2D eigenvalue weighted by atomic mass is 32.2. The van der Waals surface area contributed by atoms with E-state index in [4.69, 9.17) is 28.1 Å². The summed E-state index contributed by atoms with van der Waals surface area (Å²) in [5, 5.41) is 1.00. The van der Waals surface area contributed by atoms with Crippen LogP contribution >= 0.6 is 0 Å². The largest absolute Gasteiger partial charge is 0.491 e. The van der Waals surface area contributed by atoms with E-state index >= 15 is 0 Å². The lowest BCUT2D eigenvalue weighted by atomic mass is 10.1. The van der Waals surface area contributed by atoms with Gasteiger partial charge in [-0.25, -0.2) is 4.98 Å². The van der Waals surface area contributed by atoms with Gasteiger partial charge in [-0.1, -0.05) is 35.9 Å². The van der Waals surface area contributed by atoms with Crippen LogP contribution in [0.2, 0.25) is 0 Å². The van der Waals surface area contributed by atoms with Gasteiger partial charge in [0.25, 0.3) is 10.1 Å². The van der Waals surface area contributed by atoms with Crippen molar-refractivity contribution in [1.82, 2.24) is 4.98 Å². The molecule has 0 aliphatic carbocycles. The zero-order valence-electron chi connectivity index (χ0n) is 23.7. The summed E-state index contributed by atoms with van der Waals surface area (Å²) >= 11 is 0. The molecule has 1 aliphatic rings. The number of benzene rings is 3. The third-order valence-corrected chi connectivity index (χ3v) is 8.17. The van der Waals surface area contributed by atoms with E-state index in [9.17, 15) is 8.42 Å². The maximum atomic E-state index is 12.1. The summed E-state index contributed by atoms with van der Waals surface area (Å²) in [7, 11) is -3.78. The normalized spacial score (nSPS) is 13.9. The minimum absolute atomic E-state index is 0.0567. The molecule has 5 rings (SSSR count). The van der Waals surface area contributed by atoms with Crippen LogP contribution in [0.15, 0.2) is 83.8 Å². The molecule has 9 nitrogen and oxygen atoms in total. The molecule has 0 unspecified atom stereocenters. The zero-order chi connectivity index (χ0) is 29.2. The summed E-state index contributed by atoms with van der Waals surface area (Å²) in [5.74, 6) is 0.749. The first kappa shape index (κ1) is 29.9. The van der Waals surface area contributed by atoms with Gasteiger partial charge in [-0.2, -0.15) is 8.42 Å². The first-order valence-corrected chi connectivity index (χ1v) is 15.5. The monoisotopic (exact) mass is 592 g/mol. The zero-order valence-corrected chi connectivity index (χ0v) is 24.6. The van der Waals surface area contributed by atoms with Gasteiger partial charge in [-0.15, -0.1) is 0 Å². The first-order valence-electron chi connectivity index (χ1n) is 14.1. The molecule has 1 saturated heterocycles. The van der Waals surface area contributed by atoms with Gasteiger partial charge < -0.3 is 23.8 Å². The van der Waals surface area contributed by atoms with Crippen LogP contribution in [-0.4, -0.2) is 79.3 Å². The van der Waals surface area contributed by atoms with E-state index < -0.39 is 10.1 Å². The predicted molar refractivity (Wildman–Crippen MR) is 162 cm³/mol. The molecule has 4 aromatic rings. The van der Waals surface area contributed by atoms with Gasteiger partial charge in [0.15, 0.2) is 0 Å². The highest BCUT2D eigenvalue weighted by molar-refractivity contribution is 7.86. The lowest BCUT2D eigenvalue weighted by molar-refractivity contribution is 0.0279. The highest BCUT2D eigenvalue weighted by Gasteiger charge is 2.14. The fraction of sp³-hybridized carbons (Fsp3) is 0.344. The molecule has 0 radical (unpaired) electrons. The average molecular weight is 593 g/mol. The van der Waals surface area contributed by atoms with E-state index in [0.717, 1.165) is 59.8 Å². The Kier molecular flexibility index (Phi) is 10.4. The van der Waals surface area contributed by atoms with E-state index in [1.165, 1.54) is 17.8 Å². The summed E-state index contributed by atoms with van der Waals surface area (Å²) in [4.78, 5) is 7.31. The predicted octanol–water partition coefficient (Wildman–Crippen LogP) is 4.86. The van der Waals surface area contributed by atoms with Crippen LogP contribution in [0, 0.1) is 6.92 Å². The SMILES string of the molecule is Cc1ccc(S(=O)(=O)OCCOCCOCCOc2ccc3nc(-c4ccc(N5CCOCC5)cc4)ccc3c2)cc1. The Hall–Kier alpha value is -3.54. The number of pyridine rings is 1. The Morgan fingerprint density at radius 2 is 1.48 bits per heavy atom. The molecule has 2 heterocycles. The third kappa shape index (κ3) is 8.27. The molecule has 42 heavy (non-hydrogen) atoms. The van der Waals surface area contributed by atoms with E-state index in [0.29, 0.717) is 26.4 Å². The van der Waals surface area contributed by atoms with E-state index in [1.807, 2.05) is 31.2 Å². The van der Waals surface area contributed by atoms with Gasteiger partial charge in [0.05, 0.1) is 62.4 Å². The molecule has 0 atom stereocenters. The Balaban J connectivity index is 0.985. The minimum atomic E-state index is -3.78. The van der Waals surface area contributed by atoms with Crippen LogP contribution in [0.25, 0.3) is 22.2 Å². The van der Waals surface area contributed by atoms with E-state index in [2.05, 4.69) is 35.2 Å². The van der Waals surface area contributed by atoms with Gasteiger partial charge in [0.2, 0.25) is 0 Å². The molecular formula is C32H36N2O7S. The lowest BCUT2D eigenvalue weighted by Crippen LogP contribution is -2.36.